The number of aliphatic carboxylic acids is 1. The molecule has 0 spiro atoms. The summed E-state index contributed by atoms with van der Waals surface area (Å²) in [5.74, 6) is -2.93. The van der Waals surface area contributed by atoms with E-state index in [1.165, 1.54) is 24.8 Å². The minimum Gasteiger partial charge on any atom is -0.481 e. The van der Waals surface area contributed by atoms with E-state index in [0.717, 1.165) is 17.2 Å². The second-order valence-corrected chi connectivity index (χ2v) is 8.39. The first kappa shape index (κ1) is 20.6. The Kier molecular flexibility index (Phi) is 6.27. The molecule has 2 rings (SSSR count). The van der Waals surface area contributed by atoms with Crippen LogP contribution in [0.25, 0.3) is 5.57 Å². The van der Waals surface area contributed by atoms with Crippen LogP contribution in [0.2, 0.25) is 0 Å². The van der Waals surface area contributed by atoms with Crippen molar-refractivity contribution in [3.8, 4) is 0 Å². The fraction of sp³-hybridized carbons (Fsp3) is 0.450. The number of alkyl halides is 3. The highest BCUT2D eigenvalue weighted by molar-refractivity contribution is 8.03. The van der Waals surface area contributed by atoms with Crippen LogP contribution in [-0.4, -0.2) is 22.5 Å². The van der Waals surface area contributed by atoms with Crippen molar-refractivity contribution in [1.82, 2.24) is 0 Å². The van der Waals surface area contributed by atoms with Crippen molar-refractivity contribution in [3.05, 3.63) is 53.0 Å². The Morgan fingerprint density at radius 1 is 1.27 bits per heavy atom. The zero-order chi connectivity index (χ0) is 19.5. The summed E-state index contributed by atoms with van der Waals surface area (Å²) in [5.41, 5.74) is -0.807. The van der Waals surface area contributed by atoms with Gasteiger partial charge in [0.15, 0.2) is 0 Å². The average Bonchev–Trinajstić information content (AvgIpc) is 2.54. The number of halogens is 3. The Morgan fingerprint density at radius 3 is 2.35 bits per heavy atom. The third-order valence-corrected chi connectivity index (χ3v) is 5.74. The van der Waals surface area contributed by atoms with Gasteiger partial charge in [0, 0.05) is 5.25 Å². The Bertz CT molecular complexity index is 708. The quantitative estimate of drug-likeness (QED) is 0.638. The average molecular weight is 384 g/mol. The molecule has 142 valence electrons. The monoisotopic (exact) mass is 384 g/mol. The first-order valence-electron chi connectivity index (χ1n) is 8.56. The summed E-state index contributed by atoms with van der Waals surface area (Å²) in [6.45, 7) is 5.33. The van der Waals surface area contributed by atoms with E-state index in [1.807, 2.05) is 44.2 Å². The molecule has 0 saturated heterocycles. The van der Waals surface area contributed by atoms with Gasteiger partial charge in [0.1, 0.15) is 5.41 Å². The van der Waals surface area contributed by atoms with E-state index >= 15 is 0 Å². The summed E-state index contributed by atoms with van der Waals surface area (Å²) in [7, 11) is 0. The summed E-state index contributed by atoms with van der Waals surface area (Å²) in [5, 5.41) is 9.54. The van der Waals surface area contributed by atoms with Gasteiger partial charge < -0.3 is 5.11 Å². The van der Waals surface area contributed by atoms with Gasteiger partial charge in [-0.2, -0.15) is 13.2 Å². The van der Waals surface area contributed by atoms with E-state index in [2.05, 4.69) is 0 Å². The molecule has 0 saturated carbocycles. The zero-order valence-corrected chi connectivity index (χ0v) is 15.8. The summed E-state index contributed by atoms with van der Waals surface area (Å²) < 4.78 is 42.3. The van der Waals surface area contributed by atoms with Crippen LogP contribution in [0.3, 0.4) is 0 Å². The number of rotatable bonds is 6. The van der Waals surface area contributed by atoms with Crippen LogP contribution in [-0.2, 0) is 4.79 Å². The Labute approximate surface area is 156 Å². The van der Waals surface area contributed by atoms with Crippen LogP contribution in [0, 0.1) is 11.3 Å². The number of hydrogen-bond acceptors (Lipinski definition) is 2. The molecule has 1 aromatic carbocycles. The van der Waals surface area contributed by atoms with E-state index in [-0.39, 0.29) is 18.1 Å². The van der Waals surface area contributed by atoms with E-state index in [9.17, 15) is 23.1 Å². The standard InChI is InChI=1S/C20H23F3O2S/c1-4-16(18(24)25)19(20(21,22)23)11-10-15(14-8-6-5-7-9-14)17(12-19)26-13(2)3/h5-11,13,16H,4,12H2,1-3H3,(H,24,25). The number of thioether (sulfide) groups is 1. The highest BCUT2D eigenvalue weighted by Gasteiger charge is 2.60. The van der Waals surface area contributed by atoms with Crippen molar-refractivity contribution in [2.75, 3.05) is 0 Å². The van der Waals surface area contributed by atoms with Crippen molar-refractivity contribution in [2.45, 2.75) is 45.0 Å². The van der Waals surface area contributed by atoms with Crippen molar-refractivity contribution in [3.63, 3.8) is 0 Å². The molecule has 0 amide bonds. The van der Waals surface area contributed by atoms with Crippen LogP contribution >= 0.6 is 11.8 Å². The molecule has 2 nitrogen and oxygen atoms in total. The molecule has 1 aromatic rings. The van der Waals surface area contributed by atoms with E-state index in [4.69, 9.17) is 0 Å². The molecular formula is C20H23F3O2S. The maximum atomic E-state index is 14.1. The van der Waals surface area contributed by atoms with E-state index in [0.29, 0.717) is 4.91 Å². The lowest BCUT2D eigenvalue weighted by Crippen LogP contribution is -2.47. The SMILES string of the molecule is CCC(C(=O)O)C1(C(F)(F)F)C=CC(c2ccccc2)=C(SC(C)C)C1. The van der Waals surface area contributed by atoms with Crippen LogP contribution in [0.5, 0.6) is 0 Å². The molecule has 1 aliphatic rings. The molecule has 1 N–H and O–H groups in total. The molecule has 2 unspecified atom stereocenters. The first-order valence-corrected chi connectivity index (χ1v) is 9.44. The maximum absolute atomic E-state index is 14.1. The number of carboxylic acid groups (broad SMARTS) is 1. The van der Waals surface area contributed by atoms with Gasteiger partial charge in [0.2, 0.25) is 0 Å². The summed E-state index contributed by atoms with van der Waals surface area (Å²) >= 11 is 1.37. The van der Waals surface area contributed by atoms with Crippen LogP contribution in [0.1, 0.15) is 39.2 Å². The Balaban J connectivity index is 2.60. The van der Waals surface area contributed by atoms with Crippen LogP contribution in [0.4, 0.5) is 13.2 Å². The minimum absolute atomic E-state index is 0.0839. The number of allylic oxidation sites excluding steroid dienone is 4. The second-order valence-electron chi connectivity index (χ2n) is 6.72. The zero-order valence-electron chi connectivity index (χ0n) is 15.0. The van der Waals surface area contributed by atoms with Gasteiger partial charge in [-0.25, -0.2) is 0 Å². The number of hydrogen-bond donors (Lipinski definition) is 1. The normalized spacial score (nSPS) is 22.0. The Hall–Kier alpha value is -1.69. The Morgan fingerprint density at radius 2 is 1.88 bits per heavy atom. The molecule has 6 heteroatoms. The lowest BCUT2D eigenvalue weighted by molar-refractivity contribution is -0.227. The van der Waals surface area contributed by atoms with Gasteiger partial charge >= 0.3 is 12.1 Å². The molecule has 0 bridgehead atoms. The molecule has 0 aromatic heterocycles. The smallest absolute Gasteiger partial charge is 0.399 e. The van der Waals surface area contributed by atoms with Crippen LogP contribution < -0.4 is 0 Å². The van der Waals surface area contributed by atoms with Gasteiger partial charge in [-0.15, -0.1) is 11.8 Å². The largest absolute Gasteiger partial charge is 0.481 e. The lowest BCUT2D eigenvalue weighted by Gasteiger charge is -2.41. The molecule has 0 fully saturated rings. The number of benzene rings is 1. The van der Waals surface area contributed by atoms with Gasteiger partial charge in [-0.1, -0.05) is 63.3 Å². The van der Waals surface area contributed by atoms with Gasteiger partial charge in [-0.05, 0) is 28.9 Å². The highest BCUT2D eigenvalue weighted by atomic mass is 32.2. The predicted molar refractivity (Wildman–Crippen MR) is 99.8 cm³/mol. The van der Waals surface area contributed by atoms with E-state index < -0.39 is 23.5 Å². The first-order chi connectivity index (χ1) is 12.1. The van der Waals surface area contributed by atoms with Gasteiger partial charge in [0.05, 0.1) is 5.92 Å². The third kappa shape index (κ3) is 4.00. The maximum Gasteiger partial charge on any atom is 0.399 e. The fourth-order valence-corrected chi connectivity index (χ4v) is 4.60. The summed E-state index contributed by atoms with van der Waals surface area (Å²) in [6, 6.07) is 9.24. The number of carbonyl (C=O) groups is 1. The molecule has 0 heterocycles. The lowest BCUT2D eigenvalue weighted by atomic mass is 9.68. The topological polar surface area (TPSA) is 37.3 Å². The summed E-state index contributed by atoms with van der Waals surface area (Å²) in [4.78, 5) is 12.2. The third-order valence-electron chi connectivity index (χ3n) is 4.62. The van der Waals surface area contributed by atoms with Crippen molar-refractivity contribution >= 4 is 23.3 Å². The predicted octanol–water partition coefficient (Wildman–Crippen LogP) is 6.16. The van der Waals surface area contributed by atoms with Gasteiger partial charge in [0.25, 0.3) is 0 Å². The molecule has 26 heavy (non-hydrogen) atoms. The second kappa shape index (κ2) is 7.91. The van der Waals surface area contributed by atoms with E-state index in [1.54, 1.807) is 0 Å². The fourth-order valence-electron chi connectivity index (χ4n) is 3.40. The minimum atomic E-state index is -4.65. The molecule has 2 atom stereocenters. The van der Waals surface area contributed by atoms with Crippen molar-refractivity contribution in [1.29, 1.82) is 0 Å². The molecule has 0 radical (unpaired) electrons. The molecule has 0 aliphatic heterocycles. The highest BCUT2D eigenvalue weighted by Crippen LogP contribution is 2.56. The van der Waals surface area contributed by atoms with Crippen molar-refractivity contribution in [2.24, 2.45) is 11.3 Å². The van der Waals surface area contributed by atoms with Gasteiger partial charge in [-0.3, -0.25) is 4.79 Å². The molecule has 1 aliphatic carbocycles. The number of carboxylic acids is 1. The molecular weight excluding hydrogens is 361 g/mol. The summed E-state index contributed by atoms with van der Waals surface area (Å²) in [6.07, 6.45) is -2.54. The van der Waals surface area contributed by atoms with Crippen molar-refractivity contribution < 1.29 is 23.1 Å². The van der Waals surface area contributed by atoms with Crippen LogP contribution in [0.15, 0.2) is 47.4 Å².